The number of aromatic nitrogens is 1. The smallest absolute Gasteiger partial charge is 0.146 e. The molecule has 1 aromatic carbocycles. The lowest BCUT2D eigenvalue weighted by Gasteiger charge is -2.39. The monoisotopic (exact) mass is 403 g/mol. The summed E-state index contributed by atoms with van der Waals surface area (Å²) in [5.41, 5.74) is 7.98. The summed E-state index contributed by atoms with van der Waals surface area (Å²) in [7, 11) is 0. The Bertz CT molecular complexity index is 835. The normalized spacial score (nSPS) is 17.9. The van der Waals surface area contributed by atoms with Crippen LogP contribution in [-0.2, 0) is 16.9 Å². The van der Waals surface area contributed by atoms with Crippen LogP contribution in [0.1, 0.15) is 63.3 Å². The van der Waals surface area contributed by atoms with E-state index in [1.807, 2.05) is 39.8 Å². The molecule has 6 heteroatoms. The summed E-state index contributed by atoms with van der Waals surface area (Å²) in [6.07, 6.45) is 6.00. The molecule has 1 aliphatic carbocycles. The lowest BCUT2D eigenvalue weighted by molar-refractivity contribution is 0.401. The maximum absolute atomic E-state index is 13.9. The third kappa shape index (κ3) is 4.67. The first kappa shape index (κ1) is 21.1. The zero-order chi connectivity index (χ0) is 20.5. The van der Waals surface area contributed by atoms with Gasteiger partial charge in [-0.15, -0.1) is 4.72 Å². The third-order valence-corrected chi connectivity index (χ3v) is 6.97. The Labute approximate surface area is 170 Å². The van der Waals surface area contributed by atoms with Crippen LogP contribution in [0.15, 0.2) is 36.5 Å². The second-order valence-corrected chi connectivity index (χ2v) is 10.8. The fourth-order valence-electron chi connectivity index (χ4n) is 3.38. The Kier molecular flexibility index (Phi) is 6.03. The highest BCUT2D eigenvalue weighted by Crippen LogP contribution is 2.42. The molecule has 0 spiro atoms. The van der Waals surface area contributed by atoms with Gasteiger partial charge in [0.1, 0.15) is 16.1 Å². The Morgan fingerprint density at radius 2 is 1.89 bits per heavy atom. The van der Waals surface area contributed by atoms with Crippen LogP contribution in [-0.4, -0.2) is 14.3 Å². The summed E-state index contributed by atoms with van der Waals surface area (Å²) in [5, 5.41) is 0. The minimum atomic E-state index is -1.33. The standard InChI is InChI=1S/C22H30FN3OS/c1-15-13-18(10-12-25-15)22(11-9-16-5-6-16,26-28(27)21(2,3)4)17-7-8-19(23)20(24)14-17/h7-8,10,12-14,16,26H,5-6,9,11,24H2,1-4H3/t22?,28-/m1/s1. The number of pyridine rings is 1. The van der Waals surface area contributed by atoms with Crippen molar-refractivity contribution in [1.82, 2.24) is 9.71 Å². The van der Waals surface area contributed by atoms with Crippen molar-refractivity contribution < 1.29 is 8.94 Å². The number of aryl methyl sites for hydroxylation is 1. The van der Waals surface area contributed by atoms with Crippen molar-refractivity contribution in [2.24, 2.45) is 5.92 Å². The van der Waals surface area contributed by atoms with Gasteiger partial charge in [0.25, 0.3) is 0 Å². The Morgan fingerprint density at radius 1 is 1.21 bits per heavy atom. The average Bonchev–Trinajstić information content (AvgIpc) is 3.44. The predicted molar refractivity (Wildman–Crippen MR) is 114 cm³/mol. The van der Waals surface area contributed by atoms with Gasteiger partial charge in [-0.05, 0) is 81.8 Å². The maximum Gasteiger partial charge on any atom is 0.146 e. The van der Waals surface area contributed by atoms with Crippen molar-refractivity contribution in [3.8, 4) is 0 Å². The lowest BCUT2D eigenvalue weighted by atomic mass is 9.79. The minimum absolute atomic E-state index is 0.0995. The molecular weight excluding hydrogens is 373 g/mol. The van der Waals surface area contributed by atoms with Gasteiger partial charge in [-0.25, -0.2) is 4.39 Å². The Morgan fingerprint density at radius 3 is 2.46 bits per heavy atom. The fourth-order valence-corrected chi connectivity index (χ4v) is 4.34. The van der Waals surface area contributed by atoms with E-state index in [0.29, 0.717) is 5.92 Å². The SMILES string of the molecule is Cc1cc(C(CCC2CC2)(N[S@+]([O-])C(C)(C)C)c2ccc(F)c(N)c2)ccn1. The topological polar surface area (TPSA) is 74.0 Å². The number of nitrogens with zero attached hydrogens (tertiary/aromatic N) is 1. The highest BCUT2D eigenvalue weighted by molar-refractivity contribution is 7.90. The third-order valence-electron chi connectivity index (χ3n) is 5.33. The van der Waals surface area contributed by atoms with Crippen molar-refractivity contribution in [2.75, 3.05) is 5.73 Å². The van der Waals surface area contributed by atoms with E-state index < -0.39 is 27.5 Å². The highest BCUT2D eigenvalue weighted by atomic mass is 32.2. The second-order valence-electron chi connectivity index (χ2n) is 8.79. The summed E-state index contributed by atoms with van der Waals surface area (Å²) in [6, 6.07) is 8.78. The molecule has 1 fully saturated rings. The van der Waals surface area contributed by atoms with Crippen molar-refractivity contribution in [2.45, 2.75) is 63.7 Å². The van der Waals surface area contributed by atoms with Gasteiger partial charge >= 0.3 is 0 Å². The number of nitrogens with two attached hydrogens (primary N) is 1. The van der Waals surface area contributed by atoms with E-state index >= 15 is 0 Å². The van der Waals surface area contributed by atoms with E-state index in [0.717, 1.165) is 29.7 Å². The van der Waals surface area contributed by atoms with Crippen molar-refractivity contribution in [3.63, 3.8) is 0 Å². The largest absolute Gasteiger partial charge is 0.598 e. The van der Waals surface area contributed by atoms with Crippen molar-refractivity contribution in [1.29, 1.82) is 0 Å². The average molecular weight is 404 g/mol. The van der Waals surface area contributed by atoms with Crippen LogP contribution < -0.4 is 10.5 Å². The summed E-state index contributed by atoms with van der Waals surface area (Å²) in [6.45, 7) is 7.77. The van der Waals surface area contributed by atoms with Gasteiger partial charge in [0.15, 0.2) is 0 Å². The maximum atomic E-state index is 13.9. The van der Waals surface area contributed by atoms with Gasteiger partial charge in [-0.1, -0.05) is 18.9 Å². The molecule has 1 aromatic heterocycles. The van der Waals surface area contributed by atoms with Gasteiger partial charge in [-0.3, -0.25) is 4.98 Å². The van der Waals surface area contributed by atoms with Gasteiger partial charge in [0.2, 0.25) is 0 Å². The van der Waals surface area contributed by atoms with E-state index in [-0.39, 0.29) is 5.69 Å². The first-order valence-corrected chi connectivity index (χ1v) is 10.9. The minimum Gasteiger partial charge on any atom is -0.598 e. The number of anilines is 1. The molecule has 1 aliphatic rings. The molecule has 3 N–H and O–H groups in total. The summed E-state index contributed by atoms with van der Waals surface area (Å²) >= 11 is -1.33. The Balaban J connectivity index is 2.15. The number of hydrogen-bond donors (Lipinski definition) is 2. The molecule has 1 unspecified atom stereocenters. The summed E-state index contributed by atoms with van der Waals surface area (Å²) in [5.74, 6) is 0.257. The number of benzene rings is 1. The number of rotatable bonds is 7. The quantitative estimate of drug-likeness (QED) is 0.523. The van der Waals surface area contributed by atoms with Crippen LogP contribution in [0.3, 0.4) is 0 Å². The van der Waals surface area contributed by atoms with E-state index in [1.54, 1.807) is 18.3 Å². The fraction of sp³-hybridized carbons (Fsp3) is 0.500. The van der Waals surface area contributed by atoms with Gasteiger partial charge in [0, 0.05) is 23.3 Å². The van der Waals surface area contributed by atoms with E-state index in [4.69, 9.17) is 5.73 Å². The van der Waals surface area contributed by atoms with E-state index in [1.165, 1.54) is 18.9 Å². The predicted octanol–water partition coefficient (Wildman–Crippen LogP) is 4.60. The number of hydrogen-bond acceptors (Lipinski definition) is 4. The van der Waals surface area contributed by atoms with E-state index in [9.17, 15) is 8.94 Å². The lowest BCUT2D eigenvalue weighted by Crippen LogP contribution is -2.52. The van der Waals surface area contributed by atoms with Crippen LogP contribution in [0.2, 0.25) is 0 Å². The van der Waals surface area contributed by atoms with E-state index in [2.05, 4.69) is 9.71 Å². The molecule has 0 radical (unpaired) electrons. The molecular formula is C22H30FN3OS. The molecule has 0 aliphatic heterocycles. The molecule has 0 saturated heterocycles. The first-order chi connectivity index (χ1) is 13.1. The molecule has 1 saturated carbocycles. The summed E-state index contributed by atoms with van der Waals surface area (Å²) < 4.78 is 30.1. The zero-order valence-corrected chi connectivity index (χ0v) is 17.9. The molecule has 0 amide bonds. The summed E-state index contributed by atoms with van der Waals surface area (Å²) in [4.78, 5) is 4.33. The van der Waals surface area contributed by atoms with Gasteiger partial charge < -0.3 is 10.3 Å². The van der Waals surface area contributed by atoms with Crippen LogP contribution in [0.4, 0.5) is 10.1 Å². The van der Waals surface area contributed by atoms with Gasteiger partial charge in [-0.2, -0.15) is 0 Å². The van der Waals surface area contributed by atoms with Gasteiger partial charge in [0.05, 0.1) is 5.69 Å². The second kappa shape index (κ2) is 8.01. The van der Waals surface area contributed by atoms with Crippen LogP contribution in [0, 0.1) is 18.7 Å². The highest BCUT2D eigenvalue weighted by Gasteiger charge is 2.43. The van der Waals surface area contributed by atoms with Crippen LogP contribution >= 0.6 is 0 Å². The van der Waals surface area contributed by atoms with Crippen molar-refractivity contribution in [3.05, 3.63) is 59.2 Å². The molecule has 2 atom stereocenters. The molecule has 0 bridgehead atoms. The number of nitrogens with one attached hydrogen (secondary N) is 1. The molecule has 152 valence electrons. The molecule has 28 heavy (non-hydrogen) atoms. The molecule has 4 nitrogen and oxygen atoms in total. The zero-order valence-electron chi connectivity index (χ0n) is 17.1. The molecule has 2 aromatic rings. The number of nitrogen functional groups attached to an aromatic ring is 1. The van der Waals surface area contributed by atoms with Crippen molar-refractivity contribution >= 4 is 17.0 Å². The van der Waals surface area contributed by atoms with Crippen LogP contribution in [0.25, 0.3) is 0 Å². The molecule has 1 heterocycles. The molecule has 3 rings (SSSR count). The number of halogens is 1. The van der Waals surface area contributed by atoms with Crippen LogP contribution in [0.5, 0.6) is 0 Å². The Hall–Kier alpha value is -1.63. The first-order valence-electron chi connectivity index (χ1n) is 9.80.